The highest BCUT2D eigenvalue weighted by Crippen LogP contribution is 2.27. The number of aromatic nitrogens is 2. The summed E-state index contributed by atoms with van der Waals surface area (Å²) >= 11 is 0. The minimum Gasteiger partial charge on any atom is -0.367 e. The molecule has 0 aliphatic heterocycles. The van der Waals surface area contributed by atoms with E-state index in [2.05, 4.69) is 58.9 Å². The van der Waals surface area contributed by atoms with Gasteiger partial charge in [-0.3, -0.25) is 0 Å². The third kappa shape index (κ3) is 4.15. The van der Waals surface area contributed by atoms with E-state index in [1.54, 1.807) is 0 Å². The van der Waals surface area contributed by atoms with Crippen molar-refractivity contribution in [1.82, 2.24) is 9.97 Å². The van der Waals surface area contributed by atoms with Gasteiger partial charge < -0.3 is 10.6 Å². The van der Waals surface area contributed by atoms with Crippen molar-refractivity contribution in [1.29, 1.82) is 0 Å². The number of nitrogens with zero attached hydrogens (tertiary/aromatic N) is 2. The van der Waals surface area contributed by atoms with E-state index in [1.807, 2.05) is 24.3 Å². The molecule has 0 atom stereocenters. The maximum Gasteiger partial charge on any atom is 0.225 e. The summed E-state index contributed by atoms with van der Waals surface area (Å²) in [6.07, 6.45) is 2.44. The van der Waals surface area contributed by atoms with Gasteiger partial charge in [-0.25, -0.2) is 4.98 Å². The molecule has 1 heterocycles. The van der Waals surface area contributed by atoms with Crippen LogP contribution in [0.1, 0.15) is 24.0 Å². The molecule has 0 saturated heterocycles. The number of benzene rings is 2. The zero-order chi connectivity index (χ0) is 17.1. The maximum atomic E-state index is 4.71. The van der Waals surface area contributed by atoms with Crippen molar-refractivity contribution in [3.63, 3.8) is 0 Å². The predicted octanol–water partition coefficient (Wildman–Crippen LogP) is 4.64. The summed E-state index contributed by atoms with van der Waals surface area (Å²) in [6.45, 7) is 2.82. The number of rotatable bonds is 6. The minimum atomic E-state index is 0.558. The molecular formula is C21H22N4. The summed E-state index contributed by atoms with van der Waals surface area (Å²) in [6, 6.07) is 21.3. The molecule has 1 aliphatic carbocycles. The average molecular weight is 330 g/mol. The van der Waals surface area contributed by atoms with Crippen molar-refractivity contribution in [2.45, 2.75) is 32.4 Å². The molecular weight excluding hydrogens is 308 g/mol. The van der Waals surface area contributed by atoms with Crippen LogP contribution in [0.3, 0.4) is 0 Å². The van der Waals surface area contributed by atoms with E-state index < -0.39 is 0 Å². The van der Waals surface area contributed by atoms with Gasteiger partial charge in [0.2, 0.25) is 5.95 Å². The Labute approximate surface area is 148 Å². The third-order valence-corrected chi connectivity index (χ3v) is 4.26. The van der Waals surface area contributed by atoms with Crippen LogP contribution in [0, 0.1) is 6.92 Å². The van der Waals surface area contributed by atoms with Crippen molar-refractivity contribution in [3.8, 4) is 11.3 Å². The Morgan fingerprint density at radius 2 is 1.80 bits per heavy atom. The van der Waals surface area contributed by atoms with Crippen LogP contribution in [0.25, 0.3) is 11.3 Å². The van der Waals surface area contributed by atoms with E-state index in [0.717, 1.165) is 17.1 Å². The van der Waals surface area contributed by atoms with E-state index in [9.17, 15) is 0 Å². The average Bonchev–Trinajstić information content (AvgIpc) is 3.45. The maximum absolute atomic E-state index is 4.71. The second kappa shape index (κ2) is 6.93. The molecule has 2 aromatic carbocycles. The van der Waals surface area contributed by atoms with Crippen molar-refractivity contribution in [2.75, 3.05) is 10.6 Å². The molecule has 1 aromatic heterocycles. The molecule has 0 spiro atoms. The Balaban J connectivity index is 1.59. The van der Waals surface area contributed by atoms with Crippen molar-refractivity contribution < 1.29 is 0 Å². The Bertz CT molecular complexity index is 857. The van der Waals surface area contributed by atoms with Crippen LogP contribution >= 0.6 is 0 Å². The quantitative estimate of drug-likeness (QED) is 0.691. The van der Waals surface area contributed by atoms with Crippen molar-refractivity contribution in [3.05, 3.63) is 71.8 Å². The molecule has 4 rings (SSSR count). The molecule has 2 N–H and O–H groups in total. The van der Waals surface area contributed by atoms with Crippen molar-refractivity contribution >= 4 is 11.8 Å². The first-order valence-electron chi connectivity index (χ1n) is 8.77. The summed E-state index contributed by atoms with van der Waals surface area (Å²) < 4.78 is 0. The third-order valence-electron chi connectivity index (χ3n) is 4.26. The first-order valence-corrected chi connectivity index (χ1v) is 8.77. The van der Waals surface area contributed by atoms with E-state index in [0.29, 0.717) is 18.5 Å². The highest BCUT2D eigenvalue weighted by Gasteiger charge is 2.22. The summed E-state index contributed by atoms with van der Waals surface area (Å²) in [5.74, 6) is 1.55. The van der Waals surface area contributed by atoms with Gasteiger partial charge in [-0.05, 0) is 25.3 Å². The Morgan fingerprint density at radius 1 is 0.960 bits per heavy atom. The zero-order valence-electron chi connectivity index (χ0n) is 14.4. The molecule has 1 saturated carbocycles. The number of aryl methyl sites for hydroxylation is 1. The molecule has 0 unspecified atom stereocenters. The van der Waals surface area contributed by atoms with Gasteiger partial charge in [-0.15, -0.1) is 0 Å². The zero-order valence-corrected chi connectivity index (χ0v) is 14.4. The molecule has 3 aromatic rings. The first-order chi connectivity index (χ1) is 12.3. The predicted molar refractivity (Wildman–Crippen MR) is 103 cm³/mol. The topological polar surface area (TPSA) is 49.8 Å². The molecule has 0 radical (unpaired) electrons. The molecule has 126 valence electrons. The van der Waals surface area contributed by atoms with Crippen LogP contribution in [-0.2, 0) is 6.54 Å². The molecule has 1 fully saturated rings. The van der Waals surface area contributed by atoms with Gasteiger partial charge in [0.25, 0.3) is 0 Å². The fourth-order valence-electron chi connectivity index (χ4n) is 2.80. The summed E-state index contributed by atoms with van der Waals surface area (Å²) in [5, 5.41) is 6.85. The van der Waals surface area contributed by atoms with Crippen LogP contribution in [0.2, 0.25) is 0 Å². The molecule has 25 heavy (non-hydrogen) atoms. The van der Waals surface area contributed by atoms with Gasteiger partial charge in [0.05, 0.1) is 5.69 Å². The van der Waals surface area contributed by atoms with E-state index in [4.69, 9.17) is 4.98 Å². The normalized spacial score (nSPS) is 13.5. The lowest BCUT2D eigenvalue weighted by Crippen LogP contribution is -2.09. The molecule has 0 amide bonds. The Morgan fingerprint density at radius 3 is 2.56 bits per heavy atom. The van der Waals surface area contributed by atoms with Crippen LogP contribution in [0.15, 0.2) is 60.7 Å². The molecule has 4 nitrogen and oxygen atoms in total. The van der Waals surface area contributed by atoms with Gasteiger partial charge in [-0.2, -0.15) is 4.98 Å². The minimum absolute atomic E-state index is 0.558. The first kappa shape index (κ1) is 15.6. The van der Waals surface area contributed by atoms with Gasteiger partial charge in [0.1, 0.15) is 5.82 Å². The summed E-state index contributed by atoms with van der Waals surface area (Å²) in [5.41, 5.74) is 4.52. The van der Waals surface area contributed by atoms with Crippen molar-refractivity contribution in [2.24, 2.45) is 0 Å². The van der Waals surface area contributed by atoms with Gasteiger partial charge in [0, 0.05) is 24.2 Å². The number of nitrogens with one attached hydrogen (secondary N) is 2. The Kier molecular flexibility index (Phi) is 4.34. The van der Waals surface area contributed by atoms with Gasteiger partial charge in [-0.1, -0.05) is 60.2 Å². The van der Waals surface area contributed by atoms with E-state index >= 15 is 0 Å². The van der Waals surface area contributed by atoms with E-state index in [1.165, 1.54) is 24.0 Å². The molecule has 0 bridgehead atoms. The second-order valence-corrected chi connectivity index (χ2v) is 6.59. The van der Waals surface area contributed by atoms with Crippen LogP contribution in [0.5, 0.6) is 0 Å². The van der Waals surface area contributed by atoms with Crippen LogP contribution in [0.4, 0.5) is 11.8 Å². The van der Waals surface area contributed by atoms with Gasteiger partial charge in [0.15, 0.2) is 0 Å². The monoisotopic (exact) mass is 330 g/mol. The van der Waals surface area contributed by atoms with Crippen LogP contribution in [-0.4, -0.2) is 16.0 Å². The Hall–Kier alpha value is -2.88. The fourth-order valence-corrected chi connectivity index (χ4v) is 2.80. The summed E-state index contributed by atoms with van der Waals surface area (Å²) in [4.78, 5) is 9.35. The fraction of sp³-hybridized carbons (Fsp3) is 0.238. The molecule has 1 aliphatic rings. The number of hydrogen-bond acceptors (Lipinski definition) is 4. The smallest absolute Gasteiger partial charge is 0.225 e. The summed E-state index contributed by atoms with van der Waals surface area (Å²) in [7, 11) is 0. The largest absolute Gasteiger partial charge is 0.367 e. The highest BCUT2D eigenvalue weighted by atomic mass is 15.2. The molecule has 4 heteroatoms. The van der Waals surface area contributed by atoms with Gasteiger partial charge >= 0.3 is 0 Å². The number of anilines is 2. The lowest BCUT2D eigenvalue weighted by molar-refractivity contribution is 1.03. The lowest BCUT2D eigenvalue weighted by Gasteiger charge is -2.11. The second-order valence-electron chi connectivity index (χ2n) is 6.59. The SMILES string of the molecule is Cc1cccc(CNc2nc(NC3CC3)cc(-c3ccccc3)n2)c1. The number of hydrogen-bond donors (Lipinski definition) is 2. The van der Waals surface area contributed by atoms with E-state index in [-0.39, 0.29) is 0 Å². The van der Waals surface area contributed by atoms with Crippen LogP contribution < -0.4 is 10.6 Å². The highest BCUT2D eigenvalue weighted by molar-refractivity contribution is 5.64. The lowest BCUT2D eigenvalue weighted by atomic mass is 10.1. The standard InChI is InChI=1S/C21H22N4/c1-15-6-5-7-16(12-15)14-22-21-24-19(17-8-3-2-4-9-17)13-20(25-21)23-18-10-11-18/h2-9,12-13,18H,10-11,14H2,1H3,(H2,22,23,24,25).